The van der Waals surface area contributed by atoms with Crippen LogP contribution >= 0.6 is 22.9 Å². The lowest BCUT2D eigenvalue weighted by molar-refractivity contribution is 0.590. The predicted molar refractivity (Wildman–Crippen MR) is 104 cm³/mol. The first-order valence-electron chi connectivity index (χ1n) is 7.60. The van der Waals surface area contributed by atoms with Crippen LogP contribution < -0.4 is 4.31 Å². The van der Waals surface area contributed by atoms with Crippen LogP contribution in [0.5, 0.6) is 0 Å². The maximum absolute atomic E-state index is 12.9. The second-order valence-corrected chi connectivity index (χ2v) is 8.73. The van der Waals surface area contributed by atoms with Gasteiger partial charge in [-0.2, -0.15) is 8.42 Å². The summed E-state index contributed by atoms with van der Waals surface area (Å²) >= 11 is 7.36. The molecule has 3 heterocycles. The second kappa shape index (κ2) is 6.39. The van der Waals surface area contributed by atoms with Gasteiger partial charge in [-0.3, -0.25) is 4.31 Å². The summed E-state index contributed by atoms with van der Waals surface area (Å²) < 4.78 is 27.1. The van der Waals surface area contributed by atoms with Gasteiger partial charge in [-0.05, 0) is 24.3 Å². The van der Waals surface area contributed by atoms with Crippen molar-refractivity contribution < 1.29 is 8.42 Å². The average molecular weight is 405 g/mol. The fraction of sp³-hybridized carbons (Fsp3) is 0.0588. The van der Waals surface area contributed by atoms with Gasteiger partial charge < -0.3 is 4.98 Å². The fourth-order valence-corrected chi connectivity index (χ4v) is 4.66. The van der Waals surface area contributed by atoms with Crippen molar-refractivity contribution in [2.75, 3.05) is 11.4 Å². The molecule has 0 atom stereocenters. The van der Waals surface area contributed by atoms with Crippen LogP contribution in [0.15, 0.2) is 59.1 Å². The molecule has 26 heavy (non-hydrogen) atoms. The number of halogens is 1. The van der Waals surface area contributed by atoms with Gasteiger partial charge in [0.25, 0.3) is 10.0 Å². The van der Waals surface area contributed by atoms with E-state index in [9.17, 15) is 8.42 Å². The number of nitrogens with zero attached hydrogens (tertiary/aromatic N) is 3. The van der Waals surface area contributed by atoms with Crippen molar-refractivity contribution in [2.45, 2.75) is 5.03 Å². The zero-order chi connectivity index (χ0) is 18.3. The summed E-state index contributed by atoms with van der Waals surface area (Å²) in [6.07, 6.45) is 1.73. The second-order valence-electron chi connectivity index (χ2n) is 5.53. The molecule has 6 nitrogen and oxygen atoms in total. The minimum Gasteiger partial charge on any atom is -0.351 e. The number of hydrogen-bond acceptors (Lipinski definition) is 5. The Bertz CT molecular complexity index is 1190. The van der Waals surface area contributed by atoms with Crippen molar-refractivity contribution in [2.24, 2.45) is 0 Å². The summed E-state index contributed by atoms with van der Waals surface area (Å²) in [6.45, 7) is 0. The predicted octanol–water partition coefficient (Wildman–Crippen LogP) is 4.16. The van der Waals surface area contributed by atoms with Gasteiger partial charge in [0.05, 0.1) is 16.9 Å². The number of H-pyrrole nitrogens is 1. The van der Waals surface area contributed by atoms with Gasteiger partial charge in [0.1, 0.15) is 10.2 Å². The number of aromatic nitrogens is 3. The van der Waals surface area contributed by atoms with Gasteiger partial charge in [0, 0.05) is 24.0 Å². The van der Waals surface area contributed by atoms with Gasteiger partial charge in [0.15, 0.2) is 5.03 Å². The fourth-order valence-electron chi connectivity index (χ4n) is 2.68. The molecule has 4 aromatic rings. The molecule has 132 valence electrons. The molecule has 0 radical (unpaired) electrons. The topological polar surface area (TPSA) is 79.0 Å². The van der Waals surface area contributed by atoms with Gasteiger partial charge in [0.2, 0.25) is 0 Å². The first-order chi connectivity index (χ1) is 12.5. The molecule has 0 unspecified atom stereocenters. The number of rotatable bonds is 4. The number of benzene rings is 1. The minimum atomic E-state index is -3.85. The van der Waals surface area contributed by atoms with E-state index in [0.29, 0.717) is 11.2 Å². The van der Waals surface area contributed by atoms with E-state index in [2.05, 4.69) is 15.0 Å². The Morgan fingerprint density at radius 1 is 1.19 bits per heavy atom. The number of pyridine rings is 1. The van der Waals surface area contributed by atoms with Crippen molar-refractivity contribution in [3.63, 3.8) is 0 Å². The lowest BCUT2D eigenvalue weighted by atomic mass is 10.2. The molecule has 0 amide bonds. The third-order valence-electron chi connectivity index (χ3n) is 3.95. The summed E-state index contributed by atoms with van der Waals surface area (Å²) in [6, 6.07) is 12.0. The lowest BCUT2D eigenvalue weighted by Gasteiger charge is -2.19. The Balaban J connectivity index is 1.83. The lowest BCUT2D eigenvalue weighted by Crippen LogP contribution is -2.27. The average Bonchev–Trinajstić information content (AvgIpc) is 3.29. The molecule has 9 heteroatoms. The maximum Gasteiger partial charge on any atom is 0.281 e. The van der Waals surface area contributed by atoms with Crippen molar-refractivity contribution >= 4 is 49.6 Å². The maximum atomic E-state index is 12.9. The summed E-state index contributed by atoms with van der Waals surface area (Å²) in [4.78, 5) is 11.5. The number of para-hydroxylation sites is 1. The monoisotopic (exact) mass is 404 g/mol. The number of nitrogens with one attached hydrogen (secondary N) is 1. The van der Waals surface area contributed by atoms with Crippen molar-refractivity contribution in [1.82, 2.24) is 15.0 Å². The van der Waals surface area contributed by atoms with Gasteiger partial charge in [-0.1, -0.05) is 29.8 Å². The Kier molecular flexibility index (Phi) is 4.18. The van der Waals surface area contributed by atoms with Gasteiger partial charge >= 0.3 is 0 Å². The third kappa shape index (κ3) is 2.86. The molecule has 0 aliphatic heterocycles. The van der Waals surface area contributed by atoms with Crippen LogP contribution in [0.2, 0.25) is 5.15 Å². The molecule has 0 saturated heterocycles. The van der Waals surface area contributed by atoms with E-state index in [0.717, 1.165) is 16.1 Å². The highest BCUT2D eigenvalue weighted by Crippen LogP contribution is 2.33. The Hall–Kier alpha value is -2.42. The van der Waals surface area contributed by atoms with Crippen LogP contribution in [0, 0.1) is 0 Å². The zero-order valence-corrected chi connectivity index (χ0v) is 15.9. The Morgan fingerprint density at radius 2 is 2.00 bits per heavy atom. The number of hydrogen-bond donors (Lipinski definition) is 1. The highest BCUT2D eigenvalue weighted by atomic mass is 35.5. The molecule has 0 aliphatic rings. The van der Waals surface area contributed by atoms with E-state index < -0.39 is 10.0 Å². The van der Waals surface area contributed by atoms with Crippen LogP contribution in [0.25, 0.3) is 21.6 Å². The zero-order valence-electron chi connectivity index (χ0n) is 13.5. The van der Waals surface area contributed by atoms with Crippen LogP contribution in [-0.2, 0) is 10.0 Å². The van der Waals surface area contributed by atoms with E-state index in [1.54, 1.807) is 18.3 Å². The van der Waals surface area contributed by atoms with Crippen molar-refractivity contribution in [1.29, 1.82) is 0 Å². The Morgan fingerprint density at radius 3 is 2.73 bits per heavy atom. The first-order valence-corrected chi connectivity index (χ1v) is 10.3. The van der Waals surface area contributed by atoms with Crippen LogP contribution in [-0.4, -0.2) is 30.4 Å². The van der Waals surface area contributed by atoms with Gasteiger partial charge in [-0.15, -0.1) is 11.3 Å². The molecule has 1 aromatic carbocycles. The molecular weight excluding hydrogens is 392 g/mol. The van der Waals surface area contributed by atoms with Crippen LogP contribution in [0.4, 0.5) is 5.69 Å². The van der Waals surface area contributed by atoms with Crippen LogP contribution in [0.3, 0.4) is 0 Å². The standard InChI is InChI=1S/C17H13ClN4O2S2/c1-22(26(23,24)15-7-3-6-14(18)21-15)13-5-2-4-11-10-12(20-16(11)13)17-19-8-9-25-17/h2-10,20H,1H3. The molecule has 0 saturated carbocycles. The highest BCUT2D eigenvalue weighted by Gasteiger charge is 2.25. The summed E-state index contributed by atoms with van der Waals surface area (Å²) in [5, 5.41) is 3.66. The van der Waals surface area contributed by atoms with Gasteiger partial charge in [-0.25, -0.2) is 9.97 Å². The third-order valence-corrected chi connectivity index (χ3v) is 6.64. The number of aromatic amines is 1. The SMILES string of the molecule is CN(c1cccc2cc(-c3nccs3)[nH]c12)S(=O)(=O)c1cccc(Cl)n1. The smallest absolute Gasteiger partial charge is 0.281 e. The number of sulfonamides is 1. The molecule has 0 bridgehead atoms. The van der Waals surface area contributed by atoms with Crippen molar-refractivity contribution in [3.05, 3.63) is 59.2 Å². The molecule has 4 rings (SSSR count). The van der Waals surface area contributed by atoms with Crippen molar-refractivity contribution in [3.8, 4) is 10.7 Å². The minimum absolute atomic E-state index is 0.101. The van der Waals surface area contributed by atoms with E-state index >= 15 is 0 Å². The highest BCUT2D eigenvalue weighted by molar-refractivity contribution is 7.92. The largest absolute Gasteiger partial charge is 0.351 e. The molecule has 0 fully saturated rings. The molecule has 0 spiro atoms. The number of thiazole rings is 1. The molecule has 0 aliphatic carbocycles. The van der Waals surface area contributed by atoms with E-state index in [-0.39, 0.29) is 10.2 Å². The summed E-state index contributed by atoms with van der Waals surface area (Å²) in [5.74, 6) is 0. The van der Waals surface area contributed by atoms with Crippen LogP contribution in [0.1, 0.15) is 0 Å². The summed E-state index contributed by atoms with van der Waals surface area (Å²) in [7, 11) is -2.35. The first kappa shape index (κ1) is 17.0. The molecule has 3 aromatic heterocycles. The number of anilines is 1. The quantitative estimate of drug-likeness (QED) is 0.518. The van der Waals surface area contributed by atoms with E-state index in [1.807, 2.05) is 23.6 Å². The number of fused-ring (bicyclic) bond motifs is 1. The Labute approximate surface area is 159 Å². The van der Waals surface area contributed by atoms with E-state index in [4.69, 9.17) is 11.6 Å². The van der Waals surface area contributed by atoms with E-state index in [1.165, 1.54) is 34.8 Å². The molecular formula is C17H13ClN4O2S2. The summed E-state index contributed by atoms with van der Waals surface area (Å²) in [5.41, 5.74) is 2.08. The molecule has 1 N–H and O–H groups in total. The normalized spacial score (nSPS) is 11.8.